The molecule has 2 bridgehead atoms. The number of amides is 3. The highest BCUT2D eigenvalue weighted by Gasteiger charge is 2.56. The smallest absolute Gasteiger partial charge is 0.238 e. The van der Waals surface area contributed by atoms with Crippen molar-refractivity contribution >= 4 is 23.4 Å². The van der Waals surface area contributed by atoms with Crippen molar-refractivity contribution in [2.24, 2.45) is 23.7 Å². The van der Waals surface area contributed by atoms with Crippen LogP contribution in [0.1, 0.15) is 45.1 Å². The van der Waals surface area contributed by atoms with E-state index in [2.05, 4.69) is 26.0 Å². The first-order chi connectivity index (χ1) is 14.0. The average molecular weight is 395 g/mol. The lowest BCUT2D eigenvalue weighted by molar-refractivity contribution is -0.130. The van der Waals surface area contributed by atoms with Gasteiger partial charge in [0.25, 0.3) is 0 Å². The van der Waals surface area contributed by atoms with Crippen molar-refractivity contribution in [2.75, 3.05) is 18.0 Å². The van der Waals surface area contributed by atoms with Crippen LogP contribution >= 0.6 is 0 Å². The molecule has 0 aromatic heterocycles. The highest BCUT2D eigenvalue weighted by Crippen LogP contribution is 2.50. The Morgan fingerprint density at radius 3 is 1.90 bits per heavy atom. The zero-order valence-corrected chi connectivity index (χ0v) is 17.3. The lowest BCUT2D eigenvalue weighted by atomic mass is 9.63. The monoisotopic (exact) mass is 394 g/mol. The molecule has 3 amide bonds. The fraction of sp³-hybridized carbons (Fsp3) is 0.542. The third-order valence-electron chi connectivity index (χ3n) is 6.65. The number of carbonyl (C=O) groups is 3. The van der Waals surface area contributed by atoms with E-state index in [0.29, 0.717) is 12.1 Å². The number of fused-ring (bicyclic) bond motifs is 1. The Morgan fingerprint density at radius 1 is 0.931 bits per heavy atom. The second-order valence-electron chi connectivity index (χ2n) is 8.58. The first kappa shape index (κ1) is 19.9. The van der Waals surface area contributed by atoms with Crippen LogP contribution in [-0.2, 0) is 20.8 Å². The molecule has 0 N–H and O–H groups in total. The van der Waals surface area contributed by atoms with E-state index in [-0.39, 0.29) is 41.4 Å². The Morgan fingerprint density at radius 2 is 1.45 bits per heavy atom. The highest BCUT2D eigenvalue weighted by atomic mass is 16.2. The minimum absolute atomic E-state index is 0.0556. The molecule has 1 aromatic rings. The van der Waals surface area contributed by atoms with Gasteiger partial charge in [0.1, 0.15) is 0 Å². The number of anilines is 1. The van der Waals surface area contributed by atoms with Gasteiger partial charge >= 0.3 is 0 Å². The molecule has 2 fully saturated rings. The summed E-state index contributed by atoms with van der Waals surface area (Å²) in [4.78, 5) is 42.0. The molecule has 5 rings (SSSR count). The van der Waals surface area contributed by atoms with Crippen LogP contribution in [0.2, 0.25) is 0 Å². The van der Waals surface area contributed by atoms with Crippen LogP contribution in [0, 0.1) is 23.7 Å². The third kappa shape index (κ3) is 3.52. The first-order valence-electron chi connectivity index (χ1n) is 11.0. The molecule has 0 spiro atoms. The number of hydrogen-bond donors (Lipinski definition) is 0. The number of nitrogens with zero attached hydrogens (tertiary/aromatic N) is 2. The Bertz CT molecular complexity index is 791. The Labute approximate surface area is 172 Å². The van der Waals surface area contributed by atoms with Gasteiger partial charge in [0.15, 0.2) is 0 Å². The summed E-state index contributed by atoms with van der Waals surface area (Å²) in [5.74, 6) is 0.0366. The lowest BCUT2D eigenvalue weighted by Gasteiger charge is -2.38. The number of benzene rings is 1. The Kier molecular flexibility index (Phi) is 5.57. The number of hydrogen-bond acceptors (Lipinski definition) is 3. The standard InChI is InChI=1S/C24H30N2O3/c1-3-13-25(14-4-2)20(27)15-16-5-11-19(12-6-16)26-23(28)21-17-7-8-18(10-9-17)22(21)24(26)29/h5-8,11-12,17-18,21-22H,3-4,9-10,13-15H2,1-2H3. The second kappa shape index (κ2) is 8.13. The zero-order valence-electron chi connectivity index (χ0n) is 17.3. The van der Waals surface area contributed by atoms with Crippen molar-refractivity contribution < 1.29 is 14.4 Å². The van der Waals surface area contributed by atoms with Crippen LogP contribution in [0.5, 0.6) is 0 Å². The number of allylic oxidation sites excluding steroid dienone is 2. The molecule has 1 saturated heterocycles. The van der Waals surface area contributed by atoms with Crippen molar-refractivity contribution in [1.29, 1.82) is 0 Å². The third-order valence-corrected chi connectivity index (χ3v) is 6.65. The van der Waals surface area contributed by atoms with Crippen LogP contribution in [0.15, 0.2) is 36.4 Å². The van der Waals surface area contributed by atoms with Crippen molar-refractivity contribution in [3.8, 4) is 0 Å². The molecule has 5 nitrogen and oxygen atoms in total. The summed E-state index contributed by atoms with van der Waals surface area (Å²) in [6, 6.07) is 7.38. The summed E-state index contributed by atoms with van der Waals surface area (Å²) in [6.07, 6.45) is 8.52. The van der Waals surface area contributed by atoms with E-state index < -0.39 is 0 Å². The number of carbonyl (C=O) groups excluding carboxylic acids is 3. The largest absolute Gasteiger partial charge is 0.342 e. The molecule has 0 radical (unpaired) electrons. The van der Waals surface area contributed by atoms with Gasteiger partial charge in [-0.2, -0.15) is 0 Å². The maximum absolute atomic E-state index is 13.0. The van der Waals surface area contributed by atoms with Gasteiger partial charge in [0, 0.05) is 13.1 Å². The second-order valence-corrected chi connectivity index (χ2v) is 8.58. The van der Waals surface area contributed by atoms with E-state index in [1.807, 2.05) is 29.2 Å². The average Bonchev–Trinajstić information content (AvgIpc) is 3.02. The summed E-state index contributed by atoms with van der Waals surface area (Å²) in [5, 5.41) is 0. The van der Waals surface area contributed by atoms with Crippen LogP contribution in [0.4, 0.5) is 5.69 Å². The van der Waals surface area contributed by atoms with Gasteiger partial charge in [-0.25, -0.2) is 0 Å². The summed E-state index contributed by atoms with van der Waals surface area (Å²) in [7, 11) is 0. The van der Waals surface area contributed by atoms with E-state index in [1.54, 1.807) is 0 Å². The van der Waals surface area contributed by atoms with Crippen molar-refractivity contribution in [3.05, 3.63) is 42.0 Å². The van der Waals surface area contributed by atoms with E-state index in [0.717, 1.165) is 44.3 Å². The maximum atomic E-state index is 13.0. The molecular formula is C24H30N2O3. The van der Waals surface area contributed by atoms with Crippen LogP contribution < -0.4 is 4.90 Å². The predicted octanol–water partition coefficient (Wildman–Crippen LogP) is 3.58. The van der Waals surface area contributed by atoms with Gasteiger partial charge in [-0.05, 0) is 55.2 Å². The zero-order chi connectivity index (χ0) is 20.5. The molecule has 1 saturated carbocycles. The molecule has 1 heterocycles. The van der Waals surface area contributed by atoms with Crippen LogP contribution in [0.3, 0.4) is 0 Å². The van der Waals surface area contributed by atoms with Gasteiger partial charge in [-0.15, -0.1) is 0 Å². The fourth-order valence-corrected chi connectivity index (χ4v) is 5.28. The van der Waals surface area contributed by atoms with E-state index in [4.69, 9.17) is 0 Å². The first-order valence-corrected chi connectivity index (χ1v) is 11.0. The molecule has 1 aromatic carbocycles. The molecular weight excluding hydrogens is 364 g/mol. The van der Waals surface area contributed by atoms with Crippen molar-refractivity contribution in [3.63, 3.8) is 0 Å². The minimum Gasteiger partial charge on any atom is -0.342 e. The molecule has 4 aliphatic rings. The van der Waals surface area contributed by atoms with Crippen molar-refractivity contribution in [1.82, 2.24) is 4.90 Å². The van der Waals surface area contributed by atoms with E-state index >= 15 is 0 Å². The van der Waals surface area contributed by atoms with Crippen LogP contribution in [-0.4, -0.2) is 35.7 Å². The van der Waals surface area contributed by atoms with Gasteiger partial charge in [0.2, 0.25) is 17.7 Å². The maximum Gasteiger partial charge on any atom is 0.238 e. The quantitative estimate of drug-likeness (QED) is 0.525. The number of rotatable bonds is 7. The lowest BCUT2D eigenvalue weighted by Crippen LogP contribution is -2.38. The highest BCUT2D eigenvalue weighted by molar-refractivity contribution is 6.22. The Hall–Kier alpha value is -2.43. The van der Waals surface area contributed by atoms with Gasteiger partial charge < -0.3 is 4.90 Å². The Balaban J connectivity index is 1.48. The van der Waals surface area contributed by atoms with E-state index in [9.17, 15) is 14.4 Å². The SMILES string of the molecule is CCCN(CCC)C(=O)Cc1ccc(N2C(=O)C3C4C=CC(CC4)C3C2=O)cc1. The van der Waals surface area contributed by atoms with Gasteiger partial charge in [0.05, 0.1) is 23.9 Å². The minimum atomic E-state index is -0.191. The molecule has 3 aliphatic carbocycles. The van der Waals surface area contributed by atoms with Gasteiger partial charge in [-0.3, -0.25) is 19.3 Å². The summed E-state index contributed by atoms with van der Waals surface area (Å²) >= 11 is 0. The summed E-state index contributed by atoms with van der Waals surface area (Å²) in [6.45, 7) is 5.71. The summed E-state index contributed by atoms with van der Waals surface area (Å²) in [5.41, 5.74) is 1.54. The van der Waals surface area contributed by atoms with Gasteiger partial charge in [-0.1, -0.05) is 38.1 Å². The normalized spacial score (nSPS) is 27.4. The molecule has 1 aliphatic heterocycles. The molecule has 4 atom stereocenters. The summed E-state index contributed by atoms with van der Waals surface area (Å²) < 4.78 is 0. The topological polar surface area (TPSA) is 57.7 Å². The molecule has 5 heteroatoms. The fourth-order valence-electron chi connectivity index (χ4n) is 5.28. The van der Waals surface area contributed by atoms with Crippen molar-refractivity contribution in [2.45, 2.75) is 46.0 Å². The predicted molar refractivity (Wildman–Crippen MR) is 112 cm³/mol. The van der Waals surface area contributed by atoms with Crippen LogP contribution in [0.25, 0.3) is 0 Å². The number of imide groups is 1. The molecule has 4 unspecified atom stereocenters. The molecule has 154 valence electrons. The molecule has 29 heavy (non-hydrogen) atoms. The van der Waals surface area contributed by atoms with E-state index in [1.165, 1.54) is 4.90 Å².